The average Bonchev–Trinajstić information content (AvgIpc) is 3.11. The largest absolute Gasteiger partial charge is 0.493 e. The lowest BCUT2D eigenvalue weighted by Gasteiger charge is -2.12. The highest BCUT2D eigenvalue weighted by Gasteiger charge is 2.10. The SMILES string of the molecule is Cc1cccc(OCCC(=O)Nc2cccc(-n3cnnn3)c2C)c1. The zero-order chi connectivity index (χ0) is 17.6. The molecule has 0 unspecified atom stereocenters. The van der Waals surface area contributed by atoms with Gasteiger partial charge in [-0.15, -0.1) is 5.10 Å². The highest BCUT2D eigenvalue weighted by molar-refractivity contribution is 5.92. The van der Waals surface area contributed by atoms with Crippen LogP contribution in [-0.4, -0.2) is 32.7 Å². The van der Waals surface area contributed by atoms with Crippen molar-refractivity contribution in [1.82, 2.24) is 20.2 Å². The first kappa shape index (κ1) is 16.6. The molecule has 0 saturated carbocycles. The third-order valence-corrected chi connectivity index (χ3v) is 3.76. The van der Waals surface area contributed by atoms with Crippen LogP contribution in [0.1, 0.15) is 17.5 Å². The molecule has 7 nitrogen and oxygen atoms in total. The Labute approximate surface area is 145 Å². The molecule has 0 bridgehead atoms. The Morgan fingerprint density at radius 2 is 2.04 bits per heavy atom. The van der Waals surface area contributed by atoms with E-state index in [0.29, 0.717) is 6.61 Å². The van der Waals surface area contributed by atoms with Crippen LogP contribution in [-0.2, 0) is 4.79 Å². The highest BCUT2D eigenvalue weighted by Crippen LogP contribution is 2.21. The van der Waals surface area contributed by atoms with E-state index in [-0.39, 0.29) is 12.3 Å². The molecule has 0 spiro atoms. The van der Waals surface area contributed by atoms with Crippen LogP contribution >= 0.6 is 0 Å². The van der Waals surface area contributed by atoms with E-state index < -0.39 is 0 Å². The number of hydrogen-bond donors (Lipinski definition) is 1. The van der Waals surface area contributed by atoms with E-state index in [2.05, 4.69) is 20.8 Å². The summed E-state index contributed by atoms with van der Waals surface area (Å²) in [5.74, 6) is 0.661. The Morgan fingerprint density at radius 3 is 2.80 bits per heavy atom. The fraction of sp³-hybridized carbons (Fsp3) is 0.222. The highest BCUT2D eigenvalue weighted by atomic mass is 16.5. The van der Waals surface area contributed by atoms with E-state index in [9.17, 15) is 4.79 Å². The Balaban J connectivity index is 1.59. The zero-order valence-corrected chi connectivity index (χ0v) is 14.1. The summed E-state index contributed by atoms with van der Waals surface area (Å²) in [5, 5.41) is 14.1. The summed E-state index contributed by atoms with van der Waals surface area (Å²) in [6.07, 6.45) is 1.78. The Kier molecular flexibility index (Phi) is 5.03. The number of carbonyl (C=O) groups is 1. The summed E-state index contributed by atoms with van der Waals surface area (Å²) >= 11 is 0. The minimum Gasteiger partial charge on any atom is -0.493 e. The van der Waals surface area contributed by atoms with Gasteiger partial charge in [0.15, 0.2) is 0 Å². The van der Waals surface area contributed by atoms with Crippen molar-refractivity contribution in [3.63, 3.8) is 0 Å². The van der Waals surface area contributed by atoms with Crippen molar-refractivity contribution >= 4 is 11.6 Å². The second kappa shape index (κ2) is 7.57. The van der Waals surface area contributed by atoms with Gasteiger partial charge in [-0.3, -0.25) is 4.79 Å². The van der Waals surface area contributed by atoms with Gasteiger partial charge in [0.05, 0.1) is 18.7 Å². The number of aromatic nitrogens is 4. The molecule has 0 aliphatic rings. The van der Waals surface area contributed by atoms with Crippen LogP contribution in [0.2, 0.25) is 0 Å². The van der Waals surface area contributed by atoms with Crippen LogP contribution in [0.25, 0.3) is 5.69 Å². The summed E-state index contributed by atoms with van der Waals surface area (Å²) in [4.78, 5) is 12.2. The first-order valence-corrected chi connectivity index (χ1v) is 7.96. The maximum atomic E-state index is 12.2. The lowest BCUT2D eigenvalue weighted by molar-refractivity contribution is -0.116. The maximum Gasteiger partial charge on any atom is 0.227 e. The van der Waals surface area contributed by atoms with Gasteiger partial charge in [0.25, 0.3) is 0 Å². The Bertz CT molecular complexity index is 862. The molecule has 1 aromatic heterocycles. The first-order chi connectivity index (χ1) is 12.1. The smallest absolute Gasteiger partial charge is 0.227 e. The molecule has 1 amide bonds. The van der Waals surface area contributed by atoms with Gasteiger partial charge in [0.2, 0.25) is 5.91 Å². The van der Waals surface area contributed by atoms with Crippen LogP contribution in [0.5, 0.6) is 5.75 Å². The molecule has 2 aromatic carbocycles. The van der Waals surface area contributed by atoms with Crippen molar-refractivity contribution in [2.75, 3.05) is 11.9 Å². The zero-order valence-electron chi connectivity index (χ0n) is 14.1. The van der Waals surface area contributed by atoms with E-state index in [4.69, 9.17) is 4.74 Å². The summed E-state index contributed by atoms with van der Waals surface area (Å²) in [5.41, 5.74) is 3.56. The second-order valence-electron chi connectivity index (χ2n) is 5.67. The van der Waals surface area contributed by atoms with Crippen molar-refractivity contribution < 1.29 is 9.53 Å². The lowest BCUT2D eigenvalue weighted by Crippen LogP contribution is -2.16. The summed E-state index contributed by atoms with van der Waals surface area (Å²) in [7, 11) is 0. The molecular weight excluding hydrogens is 318 g/mol. The van der Waals surface area contributed by atoms with Gasteiger partial charge in [-0.2, -0.15) is 0 Å². The van der Waals surface area contributed by atoms with Crippen molar-refractivity contribution in [1.29, 1.82) is 0 Å². The number of amides is 1. The number of benzene rings is 2. The van der Waals surface area contributed by atoms with Crippen molar-refractivity contribution in [3.05, 3.63) is 59.9 Å². The molecule has 7 heteroatoms. The molecule has 3 rings (SSSR count). The van der Waals surface area contributed by atoms with Crippen molar-refractivity contribution in [2.24, 2.45) is 0 Å². The third-order valence-electron chi connectivity index (χ3n) is 3.76. The minimum atomic E-state index is -0.107. The second-order valence-corrected chi connectivity index (χ2v) is 5.67. The fourth-order valence-corrected chi connectivity index (χ4v) is 2.46. The normalized spacial score (nSPS) is 10.5. The molecular formula is C18H19N5O2. The van der Waals surface area contributed by atoms with E-state index >= 15 is 0 Å². The summed E-state index contributed by atoms with van der Waals surface area (Å²) in [6.45, 7) is 4.23. The van der Waals surface area contributed by atoms with Gasteiger partial charge < -0.3 is 10.1 Å². The topological polar surface area (TPSA) is 81.9 Å². The predicted octanol–water partition coefficient (Wildman–Crippen LogP) is 2.69. The van der Waals surface area contributed by atoms with Crippen LogP contribution in [0.3, 0.4) is 0 Å². The van der Waals surface area contributed by atoms with Gasteiger partial charge in [0.1, 0.15) is 12.1 Å². The number of tetrazole rings is 1. The maximum absolute atomic E-state index is 12.2. The molecule has 0 radical (unpaired) electrons. The quantitative estimate of drug-likeness (QED) is 0.748. The summed E-state index contributed by atoms with van der Waals surface area (Å²) < 4.78 is 7.18. The molecule has 1 heterocycles. The Morgan fingerprint density at radius 1 is 1.20 bits per heavy atom. The van der Waals surface area contributed by atoms with Gasteiger partial charge in [-0.1, -0.05) is 18.2 Å². The number of nitrogens with one attached hydrogen (secondary N) is 1. The van der Waals surface area contributed by atoms with E-state index in [0.717, 1.165) is 28.3 Å². The monoisotopic (exact) mass is 337 g/mol. The molecule has 0 atom stereocenters. The van der Waals surface area contributed by atoms with E-state index in [1.807, 2.05) is 56.3 Å². The number of anilines is 1. The van der Waals surface area contributed by atoms with Gasteiger partial charge in [-0.25, -0.2) is 4.68 Å². The van der Waals surface area contributed by atoms with Crippen LogP contribution in [0, 0.1) is 13.8 Å². The van der Waals surface area contributed by atoms with Crippen LogP contribution < -0.4 is 10.1 Å². The molecule has 0 aliphatic carbocycles. The van der Waals surface area contributed by atoms with Crippen molar-refractivity contribution in [3.8, 4) is 11.4 Å². The number of nitrogens with zero attached hydrogens (tertiary/aromatic N) is 4. The van der Waals surface area contributed by atoms with Crippen LogP contribution in [0.15, 0.2) is 48.8 Å². The molecule has 25 heavy (non-hydrogen) atoms. The number of hydrogen-bond acceptors (Lipinski definition) is 5. The average molecular weight is 337 g/mol. The molecule has 0 fully saturated rings. The lowest BCUT2D eigenvalue weighted by atomic mass is 10.1. The molecule has 1 N–H and O–H groups in total. The fourth-order valence-electron chi connectivity index (χ4n) is 2.46. The number of ether oxygens (including phenoxy) is 1. The number of carbonyl (C=O) groups excluding carboxylic acids is 1. The van der Waals surface area contributed by atoms with Gasteiger partial charge in [0, 0.05) is 5.69 Å². The van der Waals surface area contributed by atoms with Crippen molar-refractivity contribution in [2.45, 2.75) is 20.3 Å². The number of rotatable bonds is 6. The molecule has 0 saturated heterocycles. The van der Waals surface area contributed by atoms with E-state index in [1.54, 1.807) is 4.68 Å². The first-order valence-electron chi connectivity index (χ1n) is 7.96. The van der Waals surface area contributed by atoms with E-state index in [1.165, 1.54) is 6.33 Å². The summed E-state index contributed by atoms with van der Waals surface area (Å²) in [6, 6.07) is 13.3. The standard InChI is InChI=1S/C18H19N5O2/c1-13-5-3-6-15(11-13)25-10-9-18(24)20-16-7-4-8-17(14(16)2)23-12-19-21-22-23/h3-8,11-12H,9-10H2,1-2H3,(H,20,24). The minimum absolute atomic E-state index is 0.107. The Hall–Kier alpha value is -3.22. The van der Waals surface area contributed by atoms with Gasteiger partial charge in [-0.05, 0) is 59.7 Å². The van der Waals surface area contributed by atoms with Crippen LogP contribution in [0.4, 0.5) is 5.69 Å². The molecule has 128 valence electrons. The predicted molar refractivity (Wildman–Crippen MR) is 93.8 cm³/mol. The number of aryl methyl sites for hydroxylation is 1. The molecule has 3 aromatic rings. The van der Waals surface area contributed by atoms with Gasteiger partial charge >= 0.3 is 0 Å². The molecule has 0 aliphatic heterocycles. The third kappa shape index (κ3) is 4.20.